The van der Waals surface area contributed by atoms with Gasteiger partial charge in [-0.15, -0.1) is 0 Å². The molecule has 100 valence electrons. The van der Waals surface area contributed by atoms with Gasteiger partial charge in [0.25, 0.3) is 5.91 Å². The number of nitrogens with zero attached hydrogens (tertiary/aromatic N) is 3. The summed E-state index contributed by atoms with van der Waals surface area (Å²) in [4.78, 5) is 15.6. The maximum absolute atomic E-state index is 12.3. The monoisotopic (exact) mass is 266 g/mol. The molecule has 2 aromatic rings. The Morgan fingerprint density at radius 3 is 2.89 bits per heavy atom. The summed E-state index contributed by atoms with van der Waals surface area (Å²) in [6.07, 6.45) is 5.06. The Morgan fingerprint density at radius 2 is 2.26 bits per heavy atom. The van der Waals surface area contributed by atoms with Crippen LogP contribution in [0, 0.1) is 0 Å². The molecule has 19 heavy (non-hydrogen) atoms. The summed E-state index contributed by atoms with van der Waals surface area (Å²) in [5, 5.41) is 6.09. The molecule has 0 radical (unpaired) electrons. The van der Waals surface area contributed by atoms with Gasteiger partial charge in [-0.25, -0.2) is 4.68 Å². The van der Waals surface area contributed by atoms with Crippen LogP contribution in [0.1, 0.15) is 22.6 Å². The van der Waals surface area contributed by atoms with Crippen LogP contribution in [0.5, 0.6) is 0 Å². The molecular formula is C12H12F2N4O. The van der Waals surface area contributed by atoms with Gasteiger partial charge in [0.1, 0.15) is 5.69 Å². The molecule has 0 atom stereocenters. The van der Waals surface area contributed by atoms with Crippen LogP contribution in [-0.4, -0.2) is 27.2 Å². The van der Waals surface area contributed by atoms with Crippen molar-refractivity contribution in [2.75, 3.05) is 6.54 Å². The highest BCUT2D eigenvalue weighted by atomic mass is 19.3. The summed E-state index contributed by atoms with van der Waals surface area (Å²) >= 11 is 0. The minimum Gasteiger partial charge on any atom is -0.350 e. The summed E-state index contributed by atoms with van der Waals surface area (Å²) in [6.45, 7) is -2.34. The van der Waals surface area contributed by atoms with E-state index in [1.54, 1.807) is 12.4 Å². The molecule has 7 heteroatoms. The van der Waals surface area contributed by atoms with Gasteiger partial charge in [0.15, 0.2) is 0 Å². The van der Waals surface area contributed by atoms with Gasteiger partial charge >= 0.3 is 6.55 Å². The van der Waals surface area contributed by atoms with E-state index in [4.69, 9.17) is 0 Å². The lowest BCUT2D eigenvalue weighted by Gasteiger charge is -2.03. The lowest BCUT2D eigenvalue weighted by Crippen LogP contribution is -2.26. The number of rotatable bonds is 5. The summed E-state index contributed by atoms with van der Waals surface area (Å²) in [5.74, 6) is -0.469. The van der Waals surface area contributed by atoms with E-state index >= 15 is 0 Å². The third-order valence-electron chi connectivity index (χ3n) is 2.46. The topological polar surface area (TPSA) is 59.8 Å². The Balaban J connectivity index is 1.84. The highest BCUT2D eigenvalue weighted by Crippen LogP contribution is 2.08. The number of pyridine rings is 1. The highest BCUT2D eigenvalue weighted by Gasteiger charge is 2.12. The number of hydrogen-bond donors (Lipinski definition) is 1. The first-order chi connectivity index (χ1) is 9.16. The Kier molecular flexibility index (Phi) is 4.17. The number of halogens is 2. The first-order valence-electron chi connectivity index (χ1n) is 5.67. The van der Waals surface area contributed by atoms with Crippen LogP contribution in [0.4, 0.5) is 8.78 Å². The maximum atomic E-state index is 12.3. The Morgan fingerprint density at radius 1 is 1.42 bits per heavy atom. The van der Waals surface area contributed by atoms with E-state index in [1.165, 1.54) is 6.07 Å². The summed E-state index contributed by atoms with van der Waals surface area (Å²) in [7, 11) is 0. The van der Waals surface area contributed by atoms with Crippen LogP contribution in [0.2, 0.25) is 0 Å². The predicted octanol–water partition coefficient (Wildman–Crippen LogP) is 1.65. The third-order valence-corrected chi connectivity index (χ3v) is 2.46. The molecule has 2 heterocycles. The number of alkyl halides is 2. The average Bonchev–Trinajstić information content (AvgIpc) is 2.89. The molecule has 0 aliphatic rings. The molecule has 0 saturated heterocycles. The Hall–Kier alpha value is -2.31. The van der Waals surface area contributed by atoms with Crippen molar-refractivity contribution < 1.29 is 13.6 Å². The first-order valence-corrected chi connectivity index (χ1v) is 5.67. The number of carbonyl (C=O) groups excluding carboxylic acids is 1. The molecule has 0 unspecified atom stereocenters. The molecule has 0 saturated carbocycles. The standard InChI is InChI=1S/C12H12F2N4O/c13-12(14)18-7-4-10(17-18)11(19)16-6-3-9-2-1-5-15-8-9/h1-2,4-5,7-8,12H,3,6H2,(H,16,19). The minimum absolute atomic E-state index is 0.0218. The highest BCUT2D eigenvalue weighted by molar-refractivity contribution is 5.92. The number of aromatic nitrogens is 3. The molecule has 2 rings (SSSR count). The maximum Gasteiger partial charge on any atom is 0.333 e. The van der Waals surface area contributed by atoms with E-state index in [2.05, 4.69) is 15.4 Å². The summed E-state index contributed by atoms with van der Waals surface area (Å²) in [6, 6.07) is 4.96. The first kappa shape index (κ1) is 13.1. The number of amides is 1. The van der Waals surface area contributed by atoms with E-state index < -0.39 is 12.5 Å². The molecule has 0 aliphatic carbocycles. The molecule has 0 bridgehead atoms. The van der Waals surface area contributed by atoms with Gasteiger partial charge in [0, 0.05) is 25.1 Å². The molecular weight excluding hydrogens is 254 g/mol. The smallest absolute Gasteiger partial charge is 0.333 e. The van der Waals surface area contributed by atoms with Crippen molar-refractivity contribution in [1.29, 1.82) is 0 Å². The summed E-state index contributed by atoms with van der Waals surface area (Å²) in [5.41, 5.74) is 0.965. The fourth-order valence-corrected chi connectivity index (χ4v) is 1.52. The van der Waals surface area contributed by atoms with Gasteiger partial charge in [0.05, 0.1) is 0 Å². The third kappa shape index (κ3) is 3.57. The molecule has 0 spiro atoms. The quantitative estimate of drug-likeness (QED) is 0.895. The van der Waals surface area contributed by atoms with Crippen molar-refractivity contribution in [3.8, 4) is 0 Å². The average molecular weight is 266 g/mol. The van der Waals surface area contributed by atoms with E-state index in [0.717, 1.165) is 11.8 Å². The molecule has 2 aromatic heterocycles. The summed E-state index contributed by atoms with van der Waals surface area (Å²) < 4.78 is 25.0. The van der Waals surface area contributed by atoms with Gasteiger partial charge in [-0.2, -0.15) is 13.9 Å². The van der Waals surface area contributed by atoms with Gasteiger partial charge in [-0.1, -0.05) is 6.07 Å². The fourth-order valence-electron chi connectivity index (χ4n) is 1.52. The van der Waals surface area contributed by atoms with E-state index in [-0.39, 0.29) is 5.69 Å². The lowest BCUT2D eigenvalue weighted by molar-refractivity contribution is 0.0560. The second-order valence-corrected chi connectivity index (χ2v) is 3.83. The molecule has 1 amide bonds. The number of nitrogens with one attached hydrogen (secondary N) is 1. The van der Waals surface area contributed by atoms with Gasteiger partial charge in [-0.05, 0) is 24.1 Å². The van der Waals surface area contributed by atoms with Crippen molar-refractivity contribution in [3.05, 3.63) is 48.0 Å². The molecule has 5 nitrogen and oxygen atoms in total. The second kappa shape index (κ2) is 6.03. The lowest BCUT2D eigenvalue weighted by atomic mass is 10.2. The number of hydrogen-bond acceptors (Lipinski definition) is 3. The van der Waals surface area contributed by atoms with Crippen molar-refractivity contribution in [2.24, 2.45) is 0 Å². The molecule has 1 N–H and O–H groups in total. The normalized spacial score (nSPS) is 10.7. The van der Waals surface area contributed by atoms with Crippen LogP contribution in [0.3, 0.4) is 0 Å². The Labute approximate surface area is 108 Å². The van der Waals surface area contributed by atoms with Gasteiger partial charge in [0.2, 0.25) is 0 Å². The van der Waals surface area contributed by atoms with Crippen LogP contribution in [-0.2, 0) is 6.42 Å². The zero-order valence-electron chi connectivity index (χ0n) is 9.96. The van der Waals surface area contributed by atoms with Crippen molar-refractivity contribution in [1.82, 2.24) is 20.1 Å². The van der Waals surface area contributed by atoms with Crippen LogP contribution in [0.15, 0.2) is 36.8 Å². The molecule has 0 aliphatic heterocycles. The Bertz CT molecular complexity index is 542. The van der Waals surface area contributed by atoms with Crippen molar-refractivity contribution in [2.45, 2.75) is 13.0 Å². The fraction of sp³-hybridized carbons (Fsp3) is 0.250. The number of carbonyl (C=O) groups is 1. The van der Waals surface area contributed by atoms with Crippen LogP contribution < -0.4 is 5.32 Å². The van der Waals surface area contributed by atoms with E-state index in [1.807, 2.05) is 12.1 Å². The molecule has 0 fully saturated rings. The van der Waals surface area contributed by atoms with Crippen LogP contribution >= 0.6 is 0 Å². The zero-order valence-corrected chi connectivity index (χ0v) is 9.96. The van der Waals surface area contributed by atoms with Crippen molar-refractivity contribution >= 4 is 5.91 Å². The molecule has 0 aromatic carbocycles. The van der Waals surface area contributed by atoms with Crippen LogP contribution in [0.25, 0.3) is 0 Å². The van der Waals surface area contributed by atoms with Gasteiger partial charge < -0.3 is 5.32 Å². The van der Waals surface area contributed by atoms with Gasteiger partial charge in [-0.3, -0.25) is 9.78 Å². The second-order valence-electron chi connectivity index (χ2n) is 3.83. The minimum atomic E-state index is -2.74. The zero-order chi connectivity index (χ0) is 13.7. The van der Waals surface area contributed by atoms with E-state index in [9.17, 15) is 13.6 Å². The van der Waals surface area contributed by atoms with Crippen molar-refractivity contribution in [3.63, 3.8) is 0 Å². The largest absolute Gasteiger partial charge is 0.350 e. The predicted molar refractivity (Wildman–Crippen MR) is 63.8 cm³/mol. The van der Waals surface area contributed by atoms with E-state index in [0.29, 0.717) is 17.6 Å². The SMILES string of the molecule is O=C(NCCc1cccnc1)c1ccn(C(F)F)n1.